The number of sulfonamides is 1. The Morgan fingerprint density at radius 2 is 1.76 bits per heavy atom. The molecule has 1 atom stereocenters. The fraction of sp³-hybridized carbons (Fsp3) is 0.469. The van der Waals surface area contributed by atoms with Gasteiger partial charge in [-0.25, -0.2) is 22.5 Å². The van der Waals surface area contributed by atoms with Crippen molar-refractivity contribution in [1.29, 1.82) is 0 Å². The highest BCUT2D eigenvalue weighted by Gasteiger charge is 2.27. The van der Waals surface area contributed by atoms with Crippen molar-refractivity contribution in [1.82, 2.24) is 19.6 Å². The van der Waals surface area contributed by atoms with Crippen molar-refractivity contribution in [2.24, 2.45) is 5.92 Å². The number of hydrogen-bond acceptors (Lipinski definition) is 9. The van der Waals surface area contributed by atoms with Crippen LogP contribution in [0.5, 0.6) is 17.4 Å². The van der Waals surface area contributed by atoms with Crippen molar-refractivity contribution >= 4 is 15.9 Å². The zero-order valence-corrected chi connectivity index (χ0v) is 26.4. The molecule has 5 rings (SSSR count). The van der Waals surface area contributed by atoms with Gasteiger partial charge >= 0.3 is 0 Å². The van der Waals surface area contributed by atoms with Crippen LogP contribution in [0, 0.1) is 17.6 Å². The molecule has 45 heavy (non-hydrogen) atoms. The second kappa shape index (κ2) is 14.1. The van der Waals surface area contributed by atoms with Crippen LogP contribution in [0.25, 0.3) is 0 Å². The summed E-state index contributed by atoms with van der Waals surface area (Å²) in [5, 5.41) is 0. The molecule has 0 bridgehead atoms. The average Bonchev–Trinajstić information content (AvgIpc) is 3.86. The van der Waals surface area contributed by atoms with Gasteiger partial charge in [-0.3, -0.25) is 9.78 Å². The molecular weight excluding hydrogens is 606 g/mol. The van der Waals surface area contributed by atoms with E-state index in [2.05, 4.69) is 28.7 Å². The summed E-state index contributed by atoms with van der Waals surface area (Å²) in [4.78, 5) is 23.2. The maximum atomic E-state index is 15.0. The molecule has 2 fully saturated rings. The third-order valence-corrected chi connectivity index (χ3v) is 9.26. The lowest BCUT2D eigenvalue weighted by Gasteiger charge is -2.34. The summed E-state index contributed by atoms with van der Waals surface area (Å²) >= 11 is 0. The van der Waals surface area contributed by atoms with Gasteiger partial charge in [0.25, 0.3) is 15.9 Å². The second-order valence-corrected chi connectivity index (χ2v) is 13.3. The van der Waals surface area contributed by atoms with Crippen LogP contribution >= 0.6 is 0 Å². The smallest absolute Gasteiger partial charge is 0.268 e. The number of ether oxygens (including phenoxy) is 3. The van der Waals surface area contributed by atoms with Gasteiger partial charge in [0.05, 0.1) is 30.3 Å². The first-order valence-electron chi connectivity index (χ1n) is 15.2. The van der Waals surface area contributed by atoms with E-state index in [0.29, 0.717) is 36.4 Å². The quantitative estimate of drug-likeness (QED) is 0.259. The number of aromatic nitrogens is 2. The lowest BCUT2D eigenvalue weighted by atomic mass is 10.1. The van der Waals surface area contributed by atoms with Crippen LogP contribution in [0.4, 0.5) is 8.78 Å². The Labute approximate surface area is 262 Å². The molecule has 2 aromatic heterocycles. The Bertz CT molecular complexity index is 1580. The number of halogens is 2. The monoisotopic (exact) mass is 644 g/mol. The van der Waals surface area contributed by atoms with Crippen LogP contribution in [0.15, 0.2) is 53.7 Å². The lowest BCUT2D eigenvalue weighted by molar-refractivity contribution is 0.0812. The molecule has 1 saturated heterocycles. The van der Waals surface area contributed by atoms with Crippen molar-refractivity contribution in [3.8, 4) is 17.4 Å². The molecule has 0 radical (unpaired) electrons. The van der Waals surface area contributed by atoms with Gasteiger partial charge in [-0.2, -0.15) is 4.39 Å². The topological polar surface area (TPSA) is 120 Å². The second-order valence-electron chi connectivity index (χ2n) is 11.6. The third-order valence-electron chi connectivity index (χ3n) is 7.94. The molecule has 1 amide bonds. The summed E-state index contributed by atoms with van der Waals surface area (Å²) in [6.45, 7) is 8.51. The van der Waals surface area contributed by atoms with E-state index in [1.807, 2.05) is 0 Å². The number of amides is 1. The van der Waals surface area contributed by atoms with Crippen LogP contribution in [0.2, 0.25) is 0 Å². The Morgan fingerprint density at radius 1 is 1.00 bits per heavy atom. The number of benzene rings is 1. The molecule has 0 unspecified atom stereocenters. The Hall–Kier alpha value is -3.84. The van der Waals surface area contributed by atoms with Crippen molar-refractivity contribution in [2.75, 3.05) is 19.7 Å². The molecule has 2 aliphatic rings. The zero-order valence-electron chi connectivity index (χ0n) is 25.5. The van der Waals surface area contributed by atoms with Crippen LogP contribution in [-0.4, -0.2) is 61.0 Å². The minimum absolute atomic E-state index is 0.0416. The number of likely N-dealkylation sites (tertiary alicyclic amines) is 1. The summed E-state index contributed by atoms with van der Waals surface area (Å²) < 4.78 is 74.8. The van der Waals surface area contributed by atoms with Crippen LogP contribution in [0.1, 0.15) is 75.0 Å². The Morgan fingerprint density at radius 3 is 2.36 bits per heavy atom. The van der Waals surface area contributed by atoms with Crippen LogP contribution < -0.4 is 18.9 Å². The molecule has 1 aromatic carbocycles. The lowest BCUT2D eigenvalue weighted by Crippen LogP contribution is -2.41. The first-order valence-corrected chi connectivity index (χ1v) is 16.7. The number of piperidine rings is 1. The molecule has 13 heteroatoms. The van der Waals surface area contributed by atoms with Gasteiger partial charge in [0.1, 0.15) is 22.9 Å². The Balaban J connectivity index is 1.19. The van der Waals surface area contributed by atoms with E-state index < -0.39 is 45.0 Å². The van der Waals surface area contributed by atoms with E-state index in [-0.39, 0.29) is 16.9 Å². The van der Waals surface area contributed by atoms with Crippen LogP contribution in [-0.2, 0) is 10.0 Å². The number of nitrogens with zero attached hydrogens (tertiary/aromatic N) is 3. The summed E-state index contributed by atoms with van der Waals surface area (Å²) in [6.07, 6.45) is 6.22. The van der Waals surface area contributed by atoms with Crippen molar-refractivity contribution in [2.45, 2.75) is 76.0 Å². The molecule has 1 saturated carbocycles. The summed E-state index contributed by atoms with van der Waals surface area (Å²) in [7, 11) is -4.45. The summed E-state index contributed by atoms with van der Waals surface area (Å²) in [5.41, 5.74) is -0.307. The van der Waals surface area contributed by atoms with Gasteiger partial charge in [0, 0.05) is 25.2 Å². The highest BCUT2D eigenvalue weighted by Crippen LogP contribution is 2.31. The maximum Gasteiger partial charge on any atom is 0.268 e. The Kier molecular flexibility index (Phi) is 10.2. The normalized spacial score (nSPS) is 16.8. The molecule has 10 nitrogen and oxygen atoms in total. The molecule has 1 aliphatic heterocycles. The number of nitrogens with one attached hydrogen (secondary N) is 1. The van der Waals surface area contributed by atoms with Crippen molar-refractivity contribution < 1.29 is 36.2 Å². The number of carbonyl (C=O) groups is 1. The fourth-order valence-corrected chi connectivity index (χ4v) is 5.89. The molecule has 242 valence electrons. The minimum atomic E-state index is -4.45. The number of carbonyl (C=O) groups excluding carboxylic acids is 1. The fourth-order valence-electron chi connectivity index (χ4n) is 4.98. The highest BCUT2D eigenvalue weighted by molar-refractivity contribution is 7.90. The van der Waals surface area contributed by atoms with E-state index in [9.17, 15) is 13.2 Å². The van der Waals surface area contributed by atoms with Gasteiger partial charge in [0.15, 0.2) is 11.6 Å². The van der Waals surface area contributed by atoms with E-state index in [1.165, 1.54) is 12.1 Å². The number of hydrogen-bond donors (Lipinski definition) is 1. The molecular formula is C32H38F2N4O6S. The predicted octanol–water partition coefficient (Wildman–Crippen LogP) is 5.44. The minimum Gasteiger partial charge on any atom is -0.492 e. The third kappa shape index (κ3) is 8.26. The standard InChI is InChI=1S/C32H38F2N4O6S/c1-4-27(26-10-7-23(17-35-26)42-19-21-5-6-21)44-28-11-9-25(30(33)31(28)34)32(39)37-45(40,41)24-8-12-29(36-18-24)43-22-13-15-38(16-14-22)20(2)3/h7-12,17-18,20-22,27H,4-6,13-16,19H2,1-3H3,(H,37,39)/t27-/m1/s1. The SMILES string of the molecule is CC[C@@H](Oc1ccc(C(=O)NS(=O)(=O)c2ccc(OC3CCN(C(C)C)CC3)nc2)c(F)c1F)c1ccc(OCC2CC2)cn1. The van der Waals surface area contributed by atoms with Gasteiger partial charge in [0.2, 0.25) is 11.7 Å². The van der Waals surface area contributed by atoms with E-state index in [4.69, 9.17) is 14.2 Å². The largest absolute Gasteiger partial charge is 0.492 e. The first-order chi connectivity index (χ1) is 21.5. The molecule has 1 aliphatic carbocycles. The van der Waals surface area contributed by atoms with Crippen molar-refractivity contribution in [3.05, 3.63) is 71.7 Å². The van der Waals surface area contributed by atoms with Crippen molar-refractivity contribution in [3.63, 3.8) is 0 Å². The summed E-state index contributed by atoms with van der Waals surface area (Å²) in [6, 6.07) is 8.57. The highest BCUT2D eigenvalue weighted by atomic mass is 32.2. The molecule has 0 spiro atoms. The van der Waals surface area contributed by atoms with Gasteiger partial charge in [-0.15, -0.1) is 0 Å². The zero-order chi connectivity index (χ0) is 32.1. The van der Waals surface area contributed by atoms with E-state index in [1.54, 1.807) is 30.0 Å². The number of pyridine rings is 2. The van der Waals surface area contributed by atoms with E-state index in [0.717, 1.165) is 57.1 Å². The van der Waals surface area contributed by atoms with Gasteiger partial charge in [-0.05, 0) is 82.2 Å². The van der Waals surface area contributed by atoms with Gasteiger partial charge in [-0.1, -0.05) is 6.92 Å². The molecule has 3 heterocycles. The molecule has 1 N–H and O–H groups in total. The number of rotatable bonds is 13. The van der Waals surface area contributed by atoms with Crippen LogP contribution in [0.3, 0.4) is 0 Å². The van der Waals surface area contributed by atoms with Gasteiger partial charge < -0.3 is 19.1 Å². The average molecular weight is 645 g/mol. The summed E-state index contributed by atoms with van der Waals surface area (Å²) in [5.74, 6) is -3.30. The molecule has 3 aromatic rings. The maximum absolute atomic E-state index is 15.0. The first kappa shape index (κ1) is 32.6. The van der Waals surface area contributed by atoms with E-state index >= 15 is 8.78 Å². The predicted molar refractivity (Wildman–Crippen MR) is 162 cm³/mol.